The summed E-state index contributed by atoms with van der Waals surface area (Å²) in [5, 5.41) is 13.9. The van der Waals surface area contributed by atoms with Gasteiger partial charge in [-0.3, -0.25) is 9.59 Å². The van der Waals surface area contributed by atoms with Gasteiger partial charge in [-0.2, -0.15) is 0 Å². The van der Waals surface area contributed by atoms with Crippen molar-refractivity contribution in [1.29, 1.82) is 0 Å². The summed E-state index contributed by atoms with van der Waals surface area (Å²) in [6.45, 7) is 1.74. The van der Waals surface area contributed by atoms with Gasteiger partial charge < -0.3 is 19.9 Å². The summed E-state index contributed by atoms with van der Waals surface area (Å²) in [7, 11) is 0. The van der Waals surface area contributed by atoms with Crippen LogP contribution >= 0.6 is 11.6 Å². The summed E-state index contributed by atoms with van der Waals surface area (Å²) >= 11 is 5.99. The molecule has 1 heterocycles. The number of benzene rings is 2. The van der Waals surface area contributed by atoms with Gasteiger partial charge in [-0.05, 0) is 61.4 Å². The minimum Gasteiger partial charge on any atom is -0.484 e. The highest BCUT2D eigenvalue weighted by molar-refractivity contribution is 6.31. The second kappa shape index (κ2) is 8.20. The number of rotatable bonds is 7. The lowest BCUT2D eigenvalue weighted by Crippen LogP contribution is -2.75. The number of amides is 1. The number of aryl methyl sites for hydroxylation is 1. The van der Waals surface area contributed by atoms with Gasteiger partial charge in [-0.1, -0.05) is 11.6 Å². The highest BCUT2D eigenvalue weighted by Gasteiger charge is 2.68. The minimum absolute atomic E-state index is 0.00360. The van der Waals surface area contributed by atoms with Gasteiger partial charge in [0.25, 0.3) is 5.91 Å². The Morgan fingerprint density at radius 1 is 1.21 bits per heavy atom. The van der Waals surface area contributed by atoms with E-state index in [1.54, 1.807) is 18.2 Å². The minimum atomic E-state index is -1.10. The molecule has 3 fully saturated rings. The van der Waals surface area contributed by atoms with Crippen LogP contribution in [0.25, 0.3) is 0 Å². The summed E-state index contributed by atoms with van der Waals surface area (Å²) in [5.74, 6) is -2.01. The number of Topliss-reactive ketones (excluding diaryl/α,β-unsaturated/α-hetero) is 1. The van der Waals surface area contributed by atoms with Gasteiger partial charge in [-0.15, -0.1) is 0 Å². The summed E-state index contributed by atoms with van der Waals surface area (Å²) < 4.78 is 38.2. The number of nitrogens with one attached hydrogen (secondary N) is 1. The summed E-state index contributed by atoms with van der Waals surface area (Å²) in [6, 6.07) is 6.96. The van der Waals surface area contributed by atoms with Crippen LogP contribution in [0.5, 0.6) is 11.5 Å². The van der Waals surface area contributed by atoms with Crippen molar-refractivity contribution < 1.29 is 33.0 Å². The zero-order valence-corrected chi connectivity index (χ0v) is 19.3. The van der Waals surface area contributed by atoms with E-state index in [-0.39, 0.29) is 53.4 Å². The fourth-order valence-electron chi connectivity index (χ4n) is 5.62. The van der Waals surface area contributed by atoms with Crippen LogP contribution < -0.4 is 14.8 Å². The van der Waals surface area contributed by atoms with Crippen LogP contribution in [0.2, 0.25) is 5.02 Å². The average Bonchev–Trinajstić information content (AvgIpc) is 2.73. The summed E-state index contributed by atoms with van der Waals surface area (Å²) in [4.78, 5) is 25.2. The first-order valence-electron chi connectivity index (χ1n) is 11.1. The maximum absolute atomic E-state index is 13.6. The highest BCUT2D eigenvalue weighted by Crippen LogP contribution is 2.69. The van der Waals surface area contributed by atoms with Crippen molar-refractivity contribution in [3.05, 3.63) is 58.1 Å². The second-order valence-corrected chi connectivity index (χ2v) is 10.3. The molecule has 34 heavy (non-hydrogen) atoms. The van der Waals surface area contributed by atoms with E-state index in [4.69, 9.17) is 21.1 Å². The van der Waals surface area contributed by atoms with Gasteiger partial charge in [0, 0.05) is 35.0 Å². The van der Waals surface area contributed by atoms with Crippen LogP contribution in [0.3, 0.4) is 0 Å². The summed E-state index contributed by atoms with van der Waals surface area (Å²) in [6.07, 6.45) is 0.284. The smallest absolute Gasteiger partial charge is 0.258 e. The van der Waals surface area contributed by atoms with Crippen molar-refractivity contribution in [2.45, 2.75) is 56.8 Å². The maximum atomic E-state index is 13.6. The molecule has 0 aromatic heterocycles. The van der Waals surface area contributed by atoms with Gasteiger partial charge >= 0.3 is 0 Å². The van der Waals surface area contributed by atoms with Crippen LogP contribution in [0.15, 0.2) is 30.3 Å². The molecule has 1 amide bonds. The first kappa shape index (κ1) is 23.1. The van der Waals surface area contributed by atoms with Gasteiger partial charge in [0.05, 0.1) is 6.10 Å². The normalized spacial score (nSPS) is 28.6. The molecule has 0 unspecified atom stereocenters. The lowest BCUT2D eigenvalue weighted by molar-refractivity contribution is -0.175. The monoisotopic (exact) mass is 491 g/mol. The molecule has 3 saturated carbocycles. The number of carbonyl (C=O) groups is 2. The Hall–Kier alpha value is -2.71. The number of hydrogen-bond acceptors (Lipinski definition) is 5. The molecule has 2 aromatic rings. The number of hydrogen-bond donors (Lipinski definition) is 2. The third-order valence-corrected chi connectivity index (χ3v) is 7.49. The lowest BCUT2D eigenvalue weighted by atomic mass is 9.38. The lowest BCUT2D eigenvalue weighted by Gasteiger charge is -2.70. The molecule has 9 heteroatoms. The van der Waals surface area contributed by atoms with E-state index in [1.165, 1.54) is 0 Å². The SMILES string of the molecule is Cc1cc(OCC(=O)NC23CC(CC(=O)[C@@H]4C[C@H](O)c5cc(F)c(F)cc5O4)(C2)C3)ccc1Cl. The number of aliphatic hydroxyl groups is 1. The molecule has 6 rings (SSSR count). The molecule has 4 aliphatic rings. The predicted molar refractivity (Wildman–Crippen MR) is 119 cm³/mol. The van der Waals surface area contributed by atoms with Gasteiger partial charge in [0.2, 0.25) is 0 Å². The molecule has 0 spiro atoms. The summed E-state index contributed by atoms with van der Waals surface area (Å²) in [5.41, 5.74) is 0.504. The zero-order chi connectivity index (χ0) is 24.3. The first-order valence-corrected chi connectivity index (χ1v) is 11.5. The number of fused-ring (bicyclic) bond motifs is 1. The number of ether oxygens (including phenoxy) is 2. The van der Waals surface area contributed by atoms with Crippen LogP contribution in [0.1, 0.15) is 49.3 Å². The van der Waals surface area contributed by atoms with E-state index in [0.29, 0.717) is 30.0 Å². The van der Waals surface area contributed by atoms with Crippen molar-refractivity contribution in [3.63, 3.8) is 0 Å². The Kier molecular flexibility index (Phi) is 5.56. The standard InChI is InChI=1S/C25H24ClF2NO5/c1-13-4-14(2-3-16(13)26)33-9-23(32)29-25-10-24(11-25,12-25)8-20(31)22-7-19(30)15-5-17(27)18(28)6-21(15)34-22/h2-6,19,22,30H,7-12H2,1H3,(H,29,32)/t19-,22-,24?,25?/m0/s1. The fourth-order valence-corrected chi connectivity index (χ4v) is 5.74. The van der Waals surface area contributed by atoms with E-state index >= 15 is 0 Å². The van der Waals surface area contributed by atoms with Crippen molar-refractivity contribution in [3.8, 4) is 11.5 Å². The van der Waals surface area contributed by atoms with Crippen molar-refractivity contribution >= 4 is 23.3 Å². The molecule has 2 bridgehead atoms. The zero-order valence-electron chi connectivity index (χ0n) is 18.5. The van der Waals surface area contributed by atoms with E-state index in [2.05, 4.69) is 5.32 Å². The van der Waals surface area contributed by atoms with Gasteiger partial charge in [0.1, 0.15) is 11.5 Å². The molecule has 0 saturated heterocycles. The quantitative estimate of drug-likeness (QED) is 0.606. The van der Waals surface area contributed by atoms with Gasteiger partial charge in [0.15, 0.2) is 30.1 Å². The largest absolute Gasteiger partial charge is 0.484 e. The fraction of sp³-hybridized carbons (Fsp3) is 0.440. The van der Waals surface area contributed by atoms with E-state index in [1.807, 2.05) is 6.92 Å². The molecule has 3 aliphatic carbocycles. The maximum Gasteiger partial charge on any atom is 0.258 e. The van der Waals surface area contributed by atoms with Gasteiger partial charge in [-0.25, -0.2) is 8.78 Å². The van der Waals surface area contributed by atoms with Crippen molar-refractivity contribution in [1.82, 2.24) is 5.32 Å². The third kappa shape index (κ3) is 4.14. The Morgan fingerprint density at radius 2 is 1.91 bits per heavy atom. The van der Waals surface area contributed by atoms with E-state index in [0.717, 1.165) is 17.7 Å². The molecular formula is C25H24ClF2NO5. The Bertz CT molecular complexity index is 1170. The Balaban J connectivity index is 1.11. The molecule has 6 nitrogen and oxygen atoms in total. The van der Waals surface area contributed by atoms with Crippen LogP contribution in [0, 0.1) is 24.0 Å². The molecular weight excluding hydrogens is 468 g/mol. The van der Waals surface area contributed by atoms with Crippen LogP contribution in [-0.4, -0.2) is 35.0 Å². The molecule has 2 aromatic carbocycles. The number of carbonyl (C=O) groups excluding carboxylic acids is 2. The predicted octanol–water partition coefficient (Wildman–Crippen LogP) is 4.19. The van der Waals surface area contributed by atoms with Crippen molar-refractivity contribution in [2.75, 3.05) is 6.61 Å². The molecule has 1 aliphatic heterocycles. The second-order valence-electron chi connectivity index (χ2n) is 9.86. The molecule has 180 valence electrons. The van der Waals surface area contributed by atoms with Crippen LogP contribution in [-0.2, 0) is 9.59 Å². The molecule has 2 N–H and O–H groups in total. The molecule has 0 radical (unpaired) electrons. The number of ketones is 1. The van der Waals surface area contributed by atoms with E-state index < -0.39 is 23.8 Å². The Labute approximate surface area is 200 Å². The molecule has 2 atom stereocenters. The average molecular weight is 492 g/mol. The highest BCUT2D eigenvalue weighted by atomic mass is 35.5. The number of halogens is 3. The third-order valence-electron chi connectivity index (χ3n) is 7.07. The first-order chi connectivity index (χ1) is 16.1. The topological polar surface area (TPSA) is 84.9 Å². The van der Waals surface area contributed by atoms with Crippen LogP contribution in [0.4, 0.5) is 8.78 Å². The Morgan fingerprint density at radius 3 is 2.62 bits per heavy atom. The van der Waals surface area contributed by atoms with E-state index in [9.17, 15) is 23.5 Å². The van der Waals surface area contributed by atoms with Crippen molar-refractivity contribution in [2.24, 2.45) is 5.41 Å². The number of aliphatic hydroxyl groups excluding tert-OH is 1.